The highest BCUT2D eigenvalue weighted by Gasteiger charge is 2.15. The third-order valence-electron chi connectivity index (χ3n) is 1.99. The Hall–Kier alpha value is -1.78. The van der Waals surface area contributed by atoms with Gasteiger partial charge >= 0.3 is 0 Å². The predicted octanol–water partition coefficient (Wildman–Crippen LogP) is 0.526. The molecule has 2 rings (SSSR count). The average Bonchev–Trinajstić information content (AvgIpc) is 2.65. The monoisotopic (exact) mass is 190 g/mol. The molecule has 0 fully saturated rings. The third kappa shape index (κ3) is 1.61. The van der Waals surface area contributed by atoms with Gasteiger partial charge in [-0.3, -0.25) is 9.79 Å². The van der Waals surface area contributed by atoms with Crippen LogP contribution in [0.25, 0.3) is 0 Å². The Labute approximate surface area is 81.5 Å². The maximum atomic E-state index is 10.3. The molecule has 0 aliphatic carbocycles. The lowest BCUT2D eigenvalue weighted by atomic mass is 10.3. The van der Waals surface area contributed by atoms with E-state index >= 15 is 0 Å². The lowest BCUT2D eigenvalue weighted by molar-refractivity contribution is 0.111. The number of carbonyl (C=O) groups is 1. The minimum absolute atomic E-state index is 0.294. The summed E-state index contributed by atoms with van der Waals surface area (Å²) in [6.07, 6.45) is 5.46. The molecule has 2 heterocycles. The van der Waals surface area contributed by atoms with Crippen molar-refractivity contribution in [2.24, 2.45) is 4.99 Å². The largest absolute Gasteiger partial charge is 0.314 e. The number of hydrogen-bond acceptors (Lipinski definition) is 5. The molecular formula is C9H10N4O. The average molecular weight is 190 g/mol. The molecule has 0 aromatic carbocycles. The van der Waals surface area contributed by atoms with Gasteiger partial charge in [0.25, 0.3) is 0 Å². The standard InChI is InChI=1S/C9H10N4O/c1-7-4-13(6-12-7)9-3-10-8(5-14)2-11-9/h2-3,5-7H,4H2,1H3. The van der Waals surface area contributed by atoms with Crippen molar-refractivity contribution in [3.05, 3.63) is 18.1 Å². The van der Waals surface area contributed by atoms with Gasteiger partial charge in [0, 0.05) is 6.54 Å². The first-order valence-corrected chi connectivity index (χ1v) is 4.37. The van der Waals surface area contributed by atoms with Crippen LogP contribution in [0.4, 0.5) is 5.82 Å². The zero-order valence-corrected chi connectivity index (χ0v) is 7.79. The summed E-state index contributed by atoms with van der Waals surface area (Å²) >= 11 is 0. The minimum atomic E-state index is 0.294. The predicted molar refractivity (Wildman–Crippen MR) is 52.7 cm³/mol. The summed E-state index contributed by atoms with van der Waals surface area (Å²) in [6.45, 7) is 2.85. The first-order chi connectivity index (χ1) is 6.79. The van der Waals surface area contributed by atoms with E-state index in [1.54, 1.807) is 12.5 Å². The van der Waals surface area contributed by atoms with E-state index < -0.39 is 0 Å². The summed E-state index contributed by atoms with van der Waals surface area (Å²) in [5, 5.41) is 0. The number of hydrogen-bond donors (Lipinski definition) is 0. The van der Waals surface area contributed by atoms with Crippen molar-refractivity contribution in [2.45, 2.75) is 13.0 Å². The molecule has 1 aromatic rings. The maximum Gasteiger partial charge on any atom is 0.170 e. The van der Waals surface area contributed by atoms with E-state index in [-0.39, 0.29) is 0 Å². The molecule has 1 atom stereocenters. The van der Waals surface area contributed by atoms with Crippen LogP contribution in [-0.2, 0) is 0 Å². The molecule has 5 nitrogen and oxygen atoms in total. The molecule has 0 N–H and O–H groups in total. The highest BCUT2D eigenvalue weighted by Crippen LogP contribution is 2.12. The van der Waals surface area contributed by atoms with E-state index in [0.717, 1.165) is 12.4 Å². The van der Waals surface area contributed by atoms with Gasteiger partial charge < -0.3 is 4.90 Å². The number of anilines is 1. The van der Waals surface area contributed by atoms with Crippen LogP contribution in [0.5, 0.6) is 0 Å². The molecule has 0 saturated carbocycles. The van der Waals surface area contributed by atoms with Crippen molar-refractivity contribution >= 4 is 18.4 Å². The first-order valence-electron chi connectivity index (χ1n) is 4.37. The number of rotatable bonds is 2. The number of aromatic nitrogens is 2. The fourth-order valence-corrected chi connectivity index (χ4v) is 1.27. The van der Waals surface area contributed by atoms with Crippen molar-refractivity contribution in [3.63, 3.8) is 0 Å². The molecule has 1 aliphatic heterocycles. The van der Waals surface area contributed by atoms with Crippen LogP contribution in [-0.4, -0.2) is 35.2 Å². The van der Waals surface area contributed by atoms with Crippen LogP contribution >= 0.6 is 0 Å². The van der Waals surface area contributed by atoms with Crippen molar-refractivity contribution in [1.82, 2.24) is 9.97 Å². The van der Waals surface area contributed by atoms with E-state index in [2.05, 4.69) is 15.0 Å². The van der Waals surface area contributed by atoms with Crippen LogP contribution in [0.15, 0.2) is 17.4 Å². The van der Waals surface area contributed by atoms with Gasteiger partial charge in [-0.1, -0.05) is 0 Å². The van der Waals surface area contributed by atoms with E-state index in [1.165, 1.54) is 6.20 Å². The second-order valence-corrected chi connectivity index (χ2v) is 3.18. The van der Waals surface area contributed by atoms with Gasteiger partial charge in [0.15, 0.2) is 12.1 Å². The fraction of sp³-hybridized carbons (Fsp3) is 0.333. The Morgan fingerprint density at radius 1 is 1.50 bits per heavy atom. The van der Waals surface area contributed by atoms with Gasteiger partial charge in [0.1, 0.15) is 5.69 Å². The summed E-state index contributed by atoms with van der Waals surface area (Å²) in [5.74, 6) is 0.726. The molecule has 14 heavy (non-hydrogen) atoms. The smallest absolute Gasteiger partial charge is 0.170 e. The highest BCUT2D eigenvalue weighted by atomic mass is 16.1. The molecule has 72 valence electrons. The third-order valence-corrected chi connectivity index (χ3v) is 1.99. The molecule has 1 aromatic heterocycles. The van der Waals surface area contributed by atoms with Gasteiger partial charge in [-0.15, -0.1) is 0 Å². The van der Waals surface area contributed by atoms with Crippen molar-refractivity contribution in [3.8, 4) is 0 Å². The fourth-order valence-electron chi connectivity index (χ4n) is 1.27. The summed E-state index contributed by atoms with van der Waals surface area (Å²) in [6, 6.07) is 0.294. The number of nitrogens with zero attached hydrogens (tertiary/aromatic N) is 4. The van der Waals surface area contributed by atoms with Crippen LogP contribution in [0.1, 0.15) is 17.4 Å². The van der Waals surface area contributed by atoms with Crippen LogP contribution in [0.2, 0.25) is 0 Å². The van der Waals surface area contributed by atoms with E-state index in [1.807, 2.05) is 11.8 Å². The van der Waals surface area contributed by atoms with Gasteiger partial charge in [-0.25, -0.2) is 9.97 Å². The topological polar surface area (TPSA) is 58.5 Å². The summed E-state index contributed by atoms with van der Waals surface area (Å²) in [5.41, 5.74) is 0.345. The zero-order valence-electron chi connectivity index (χ0n) is 7.79. The Balaban J connectivity index is 2.17. The molecule has 0 amide bonds. The van der Waals surface area contributed by atoms with Crippen LogP contribution in [0, 0.1) is 0 Å². The van der Waals surface area contributed by atoms with Crippen molar-refractivity contribution in [1.29, 1.82) is 0 Å². The molecule has 0 radical (unpaired) electrons. The molecule has 1 unspecified atom stereocenters. The highest BCUT2D eigenvalue weighted by molar-refractivity contribution is 5.80. The minimum Gasteiger partial charge on any atom is -0.314 e. The van der Waals surface area contributed by atoms with Gasteiger partial charge in [0.2, 0.25) is 0 Å². The molecule has 0 spiro atoms. The normalized spacial score (nSPS) is 20.1. The van der Waals surface area contributed by atoms with E-state index in [0.29, 0.717) is 18.0 Å². The number of aliphatic imine (C=N–C) groups is 1. The van der Waals surface area contributed by atoms with Crippen LogP contribution < -0.4 is 4.90 Å². The van der Waals surface area contributed by atoms with Gasteiger partial charge in [-0.05, 0) is 6.92 Å². The van der Waals surface area contributed by atoms with Gasteiger partial charge in [-0.2, -0.15) is 0 Å². The second-order valence-electron chi connectivity index (χ2n) is 3.18. The van der Waals surface area contributed by atoms with Gasteiger partial charge in [0.05, 0.1) is 24.8 Å². The Kier molecular flexibility index (Phi) is 2.22. The molecular weight excluding hydrogens is 180 g/mol. The lowest BCUT2D eigenvalue weighted by Gasteiger charge is -2.12. The Bertz CT molecular complexity index is 360. The quantitative estimate of drug-likeness (QED) is 0.638. The maximum absolute atomic E-state index is 10.3. The molecule has 0 bridgehead atoms. The van der Waals surface area contributed by atoms with E-state index in [9.17, 15) is 4.79 Å². The first kappa shape index (κ1) is 8.80. The van der Waals surface area contributed by atoms with E-state index in [4.69, 9.17) is 0 Å². The number of carbonyl (C=O) groups excluding carboxylic acids is 1. The molecule has 1 aliphatic rings. The Morgan fingerprint density at radius 2 is 2.36 bits per heavy atom. The van der Waals surface area contributed by atoms with Crippen molar-refractivity contribution < 1.29 is 4.79 Å². The lowest BCUT2D eigenvalue weighted by Crippen LogP contribution is -2.22. The molecule has 0 saturated heterocycles. The molecule has 5 heteroatoms. The van der Waals surface area contributed by atoms with Crippen LogP contribution in [0.3, 0.4) is 0 Å². The number of aldehydes is 1. The SMILES string of the molecule is CC1CN(c2cnc(C=O)cn2)C=N1. The van der Waals surface area contributed by atoms with Crippen molar-refractivity contribution in [2.75, 3.05) is 11.4 Å². The Morgan fingerprint density at radius 3 is 2.86 bits per heavy atom. The zero-order chi connectivity index (χ0) is 9.97. The second kappa shape index (κ2) is 3.53. The summed E-state index contributed by atoms with van der Waals surface area (Å²) < 4.78 is 0. The summed E-state index contributed by atoms with van der Waals surface area (Å²) in [4.78, 5) is 24.5. The summed E-state index contributed by atoms with van der Waals surface area (Å²) in [7, 11) is 0.